The summed E-state index contributed by atoms with van der Waals surface area (Å²) in [5.41, 5.74) is 0. The quantitative estimate of drug-likeness (QED) is 0.693. The fourth-order valence-corrected chi connectivity index (χ4v) is 3.64. The molecule has 2 fully saturated rings. The summed E-state index contributed by atoms with van der Waals surface area (Å²) in [4.78, 5) is 14.5. The number of hydrogen-bond donors (Lipinski definition) is 0. The molecule has 0 N–H and O–H groups in total. The van der Waals surface area contributed by atoms with E-state index in [2.05, 4.69) is 16.7 Å². The summed E-state index contributed by atoms with van der Waals surface area (Å²) in [6.07, 6.45) is 6.93. The van der Waals surface area contributed by atoms with E-state index < -0.39 is 0 Å². The highest BCUT2D eigenvalue weighted by atomic mass is 32.2. The maximum absolute atomic E-state index is 11.9. The Labute approximate surface area is 103 Å². The predicted octanol–water partition coefficient (Wildman–Crippen LogP) is 2.57. The molecule has 0 aromatic rings. The lowest BCUT2D eigenvalue weighted by Crippen LogP contribution is -2.34. The molecule has 1 atom stereocenters. The maximum atomic E-state index is 11.9. The second kappa shape index (κ2) is 6.65. The topological polar surface area (TPSA) is 20.3 Å². The second-order valence-electron chi connectivity index (χ2n) is 5.03. The average Bonchev–Trinajstić information content (AvgIpc) is 2.64. The molecule has 0 aromatic carbocycles. The van der Waals surface area contributed by atoms with Crippen LogP contribution in [0.15, 0.2) is 0 Å². The Morgan fingerprint density at radius 3 is 3.00 bits per heavy atom. The van der Waals surface area contributed by atoms with Gasteiger partial charge in [-0.15, -0.1) is 0 Å². The zero-order chi connectivity index (χ0) is 11.2. The lowest BCUT2D eigenvalue weighted by molar-refractivity contribution is -0.123. The Morgan fingerprint density at radius 2 is 2.06 bits per heavy atom. The van der Waals surface area contributed by atoms with Crippen LogP contribution in [0.25, 0.3) is 0 Å². The van der Waals surface area contributed by atoms with Crippen LogP contribution in [-0.4, -0.2) is 41.8 Å². The molecule has 92 valence electrons. The van der Waals surface area contributed by atoms with Gasteiger partial charge in [0, 0.05) is 31.2 Å². The molecule has 2 aliphatic rings. The van der Waals surface area contributed by atoms with Crippen molar-refractivity contribution in [2.45, 2.75) is 38.5 Å². The van der Waals surface area contributed by atoms with Gasteiger partial charge >= 0.3 is 0 Å². The number of hydrogen-bond acceptors (Lipinski definition) is 3. The van der Waals surface area contributed by atoms with E-state index in [-0.39, 0.29) is 0 Å². The number of rotatable bonds is 2. The van der Waals surface area contributed by atoms with Gasteiger partial charge in [-0.1, -0.05) is 12.8 Å². The second-order valence-corrected chi connectivity index (χ2v) is 6.25. The van der Waals surface area contributed by atoms with Crippen LogP contribution in [0.2, 0.25) is 0 Å². The molecule has 3 heteroatoms. The molecule has 1 aliphatic heterocycles. The van der Waals surface area contributed by atoms with Gasteiger partial charge in [-0.2, -0.15) is 11.8 Å². The highest BCUT2D eigenvalue weighted by Crippen LogP contribution is 2.22. The standard InChI is InChI=1S/C13H23NOS/c15-13-6-3-1-2-5-12(13)11-14-7-4-9-16-10-8-14/h12H,1-11H2. The van der Waals surface area contributed by atoms with E-state index in [4.69, 9.17) is 0 Å². The van der Waals surface area contributed by atoms with Crippen LogP contribution in [0.1, 0.15) is 38.5 Å². The zero-order valence-electron chi connectivity index (χ0n) is 10.1. The number of carbonyl (C=O) groups excluding carboxylic acids is 1. The highest BCUT2D eigenvalue weighted by molar-refractivity contribution is 7.99. The van der Waals surface area contributed by atoms with Gasteiger partial charge < -0.3 is 4.90 Å². The largest absolute Gasteiger partial charge is 0.302 e. The molecule has 1 saturated carbocycles. The summed E-state index contributed by atoms with van der Waals surface area (Å²) in [5, 5.41) is 0. The first-order valence-corrected chi connectivity index (χ1v) is 7.84. The Kier molecular flexibility index (Phi) is 5.17. The van der Waals surface area contributed by atoms with Crippen LogP contribution in [0.3, 0.4) is 0 Å². The van der Waals surface area contributed by atoms with Crippen molar-refractivity contribution in [2.24, 2.45) is 5.92 Å². The third kappa shape index (κ3) is 3.77. The molecular weight excluding hydrogens is 218 g/mol. The lowest BCUT2D eigenvalue weighted by Gasteiger charge is -2.24. The van der Waals surface area contributed by atoms with Gasteiger partial charge in [0.05, 0.1) is 0 Å². The van der Waals surface area contributed by atoms with Crippen LogP contribution in [-0.2, 0) is 4.79 Å². The first kappa shape index (κ1) is 12.4. The van der Waals surface area contributed by atoms with Crippen molar-refractivity contribution in [2.75, 3.05) is 31.1 Å². The van der Waals surface area contributed by atoms with Gasteiger partial charge in [0.2, 0.25) is 0 Å². The molecule has 1 heterocycles. The molecule has 1 unspecified atom stereocenters. The van der Waals surface area contributed by atoms with Crippen LogP contribution >= 0.6 is 11.8 Å². The average molecular weight is 241 g/mol. The normalized spacial score (nSPS) is 29.8. The van der Waals surface area contributed by atoms with Crippen molar-refractivity contribution in [3.05, 3.63) is 0 Å². The fourth-order valence-electron chi connectivity index (χ4n) is 2.72. The summed E-state index contributed by atoms with van der Waals surface area (Å²) >= 11 is 2.06. The molecule has 2 nitrogen and oxygen atoms in total. The Bertz CT molecular complexity index is 224. The van der Waals surface area contributed by atoms with Crippen LogP contribution in [0.5, 0.6) is 0 Å². The van der Waals surface area contributed by atoms with Crippen LogP contribution in [0, 0.1) is 5.92 Å². The van der Waals surface area contributed by atoms with E-state index in [0.29, 0.717) is 11.7 Å². The maximum Gasteiger partial charge on any atom is 0.137 e. The lowest BCUT2D eigenvalue weighted by atomic mass is 9.98. The van der Waals surface area contributed by atoms with Crippen molar-refractivity contribution < 1.29 is 4.79 Å². The Balaban J connectivity index is 1.83. The number of thioether (sulfide) groups is 1. The molecule has 2 rings (SSSR count). The fraction of sp³-hybridized carbons (Fsp3) is 0.923. The van der Waals surface area contributed by atoms with Gasteiger partial charge in [-0.25, -0.2) is 0 Å². The number of carbonyl (C=O) groups is 1. The molecule has 1 aliphatic carbocycles. The summed E-state index contributed by atoms with van der Waals surface area (Å²) in [6, 6.07) is 0. The van der Waals surface area contributed by atoms with Gasteiger partial charge in [0.1, 0.15) is 5.78 Å². The van der Waals surface area contributed by atoms with E-state index >= 15 is 0 Å². The first-order chi connectivity index (χ1) is 7.86. The van der Waals surface area contributed by atoms with Crippen molar-refractivity contribution in [1.82, 2.24) is 4.90 Å². The third-order valence-electron chi connectivity index (χ3n) is 3.72. The van der Waals surface area contributed by atoms with Crippen molar-refractivity contribution in [1.29, 1.82) is 0 Å². The van der Waals surface area contributed by atoms with E-state index in [1.54, 1.807) is 0 Å². The minimum Gasteiger partial charge on any atom is -0.302 e. The number of Topliss-reactive ketones (excluding diaryl/α,β-unsaturated/α-hetero) is 1. The SMILES string of the molecule is O=C1CCCCCC1CN1CCCSCC1. The number of ketones is 1. The molecule has 0 bridgehead atoms. The van der Waals surface area contributed by atoms with Gasteiger partial charge in [0.25, 0.3) is 0 Å². The van der Waals surface area contributed by atoms with Crippen LogP contribution in [0.4, 0.5) is 0 Å². The van der Waals surface area contributed by atoms with Gasteiger partial charge in [-0.3, -0.25) is 4.79 Å². The summed E-state index contributed by atoms with van der Waals surface area (Å²) in [7, 11) is 0. The molecular formula is C13H23NOS. The van der Waals surface area contributed by atoms with Crippen molar-refractivity contribution >= 4 is 17.5 Å². The van der Waals surface area contributed by atoms with E-state index in [0.717, 1.165) is 25.8 Å². The third-order valence-corrected chi connectivity index (χ3v) is 4.77. The molecule has 0 spiro atoms. The Hall–Kier alpha value is -0.0200. The monoisotopic (exact) mass is 241 g/mol. The predicted molar refractivity (Wildman–Crippen MR) is 70.0 cm³/mol. The van der Waals surface area contributed by atoms with Crippen LogP contribution < -0.4 is 0 Å². The number of nitrogens with zero attached hydrogens (tertiary/aromatic N) is 1. The summed E-state index contributed by atoms with van der Waals surface area (Å²) < 4.78 is 0. The molecule has 1 saturated heterocycles. The minimum absolute atomic E-state index is 0.352. The van der Waals surface area contributed by atoms with E-state index in [1.165, 1.54) is 43.9 Å². The first-order valence-electron chi connectivity index (χ1n) is 6.69. The van der Waals surface area contributed by atoms with E-state index in [9.17, 15) is 4.79 Å². The highest BCUT2D eigenvalue weighted by Gasteiger charge is 2.23. The van der Waals surface area contributed by atoms with Crippen molar-refractivity contribution in [3.63, 3.8) is 0 Å². The van der Waals surface area contributed by atoms with Gasteiger partial charge in [-0.05, 0) is 31.6 Å². The van der Waals surface area contributed by atoms with Crippen molar-refractivity contribution in [3.8, 4) is 0 Å². The minimum atomic E-state index is 0.352. The molecule has 0 radical (unpaired) electrons. The zero-order valence-corrected chi connectivity index (χ0v) is 10.9. The smallest absolute Gasteiger partial charge is 0.137 e. The molecule has 16 heavy (non-hydrogen) atoms. The summed E-state index contributed by atoms with van der Waals surface area (Å²) in [6.45, 7) is 3.44. The molecule has 0 aromatic heterocycles. The van der Waals surface area contributed by atoms with Gasteiger partial charge in [0.15, 0.2) is 0 Å². The Morgan fingerprint density at radius 1 is 1.12 bits per heavy atom. The molecule has 0 amide bonds. The van der Waals surface area contributed by atoms with E-state index in [1.807, 2.05) is 0 Å². The summed E-state index contributed by atoms with van der Waals surface area (Å²) in [5.74, 6) is 3.44.